The third-order valence-corrected chi connectivity index (χ3v) is 9.22. The number of cyclic esters (lactones) is 1. The summed E-state index contributed by atoms with van der Waals surface area (Å²) in [6, 6.07) is 8.53. The Balaban J connectivity index is 1.32. The Kier molecular flexibility index (Phi) is 7.12. The average Bonchev–Trinajstić information content (AvgIpc) is 3.50. The molecule has 0 bridgehead atoms. The molecule has 0 aliphatic carbocycles. The highest BCUT2D eigenvalue weighted by Crippen LogP contribution is 2.45. The maximum Gasteiger partial charge on any atom is 0.344 e. The van der Waals surface area contributed by atoms with Crippen molar-refractivity contribution in [1.82, 2.24) is 14.1 Å². The van der Waals surface area contributed by atoms with Crippen LogP contribution in [0.1, 0.15) is 35.0 Å². The van der Waals surface area contributed by atoms with Crippen LogP contribution in [0.2, 0.25) is 0 Å². The van der Waals surface area contributed by atoms with E-state index in [1.165, 1.54) is 42.7 Å². The van der Waals surface area contributed by atoms with E-state index in [1.54, 1.807) is 29.2 Å². The molecule has 0 spiro atoms. The summed E-state index contributed by atoms with van der Waals surface area (Å²) in [6.45, 7) is 0.551. The number of likely N-dealkylation sites (tertiary alicyclic amines) is 1. The average molecular weight is 560 g/mol. The van der Waals surface area contributed by atoms with Gasteiger partial charge in [-0.15, -0.1) is 0 Å². The Morgan fingerprint density at radius 1 is 0.923 bits per heavy atom. The number of ether oxygens (including phenoxy) is 4. The molecule has 0 saturated carbocycles. The molecule has 39 heavy (non-hydrogen) atoms. The number of fused-ring (bicyclic) bond motifs is 1. The van der Waals surface area contributed by atoms with Crippen molar-refractivity contribution in [3.8, 4) is 17.2 Å². The number of carbonyl (C=O) groups is 3. The van der Waals surface area contributed by atoms with E-state index in [4.69, 9.17) is 18.9 Å². The Morgan fingerprint density at radius 3 is 2.23 bits per heavy atom. The SMILES string of the molecule is COc1ccc(S(=O)(=O)N2CCN(C(=O)[C@@H]3CCC(=O)N3[C@@H]3OC(=O)c4c3ccc(OC)c4OC)CC2)cc1. The second-order valence-electron chi connectivity index (χ2n) is 9.28. The van der Waals surface area contributed by atoms with Gasteiger partial charge in [-0.05, 0) is 42.8 Å². The fourth-order valence-electron chi connectivity index (χ4n) is 5.28. The zero-order valence-electron chi connectivity index (χ0n) is 21.8. The summed E-state index contributed by atoms with van der Waals surface area (Å²) in [5.41, 5.74) is 0.575. The molecule has 0 N–H and O–H groups in total. The van der Waals surface area contributed by atoms with Crippen LogP contribution in [0.15, 0.2) is 41.3 Å². The molecule has 0 aromatic heterocycles. The molecule has 2 aromatic carbocycles. The minimum atomic E-state index is -3.74. The first-order chi connectivity index (χ1) is 18.7. The lowest BCUT2D eigenvalue weighted by Gasteiger charge is -2.37. The quantitative estimate of drug-likeness (QED) is 0.462. The highest BCUT2D eigenvalue weighted by Gasteiger charge is 2.49. The van der Waals surface area contributed by atoms with Gasteiger partial charge in [-0.3, -0.25) is 14.5 Å². The van der Waals surface area contributed by atoms with Gasteiger partial charge >= 0.3 is 5.97 Å². The van der Waals surface area contributed by atoms with Gasteiger partial charge in [-0.2, -0.15) is 4.31 Å². The van der Waals surface area contributed by atoms with E-state index in [0.29, 0.717) is 17.1 Å². The molecule has 0 unspecified atom stereocenters. The van der Waals surface area contributed by atoms with E-state index in [2.05, 4.69) is 0 Å². The Labute approximate surface area is 226 Å². The molecule has 2 amide bonds. The number of carbonyl (C=O) groups excluding carboxylic acids is 3. The molecule has 0 radical (unpaired) electrons. The highest BCUT2D eigenvalue weighted by atomic mass is 32.2. The summed E-state index contributed by atoms with van der Waals surface area (Å²) < 4.78 is 48.9. The third-order valence-electron chi connectivity index (χ3n) is 7.31. The number of esters is 1. The van der Waals surface area contributed by atoms with E-state index < -0.39 is 28.3 Å². The first-order valence-corrected chi connectivity index (χ1v) is 13.8. The molecule has 3 heterocycles. The summed E-state index contributed by atoms with van der Waals surface area (Å²) in [4.78, 5) is 42.3. The molecule has 2 saturated heterocycles. The number of hydrogen-bond donors (Lipinski definition) is 0. The van der Waals surface area contributed by atoms with E-state index in [1.807, 2.05) is 0 Å². The molecule has 208 valence electrons. The molecule has 13 heteroatoms. The molecule has 2 atom stereocenters. The molecule has 5 rings (SSSR count). The van der Waals surface area contributed by atoms with E-state index in [0.717, 1.165) is 0 Å². The molecule has 3 aliphatic heterocycles. The van der Waals surface area contributed by atoms with Crippen LogP contribution in [0.3, 0.4) is 0 Å². The fraction of sp³-hybridized carbons (Fsp3) is 0.423. The maximum atomic E-state index is 13.6. The summed E-state index contributed by atoms with van der Waals surface area (Å²) in [5.74, 6) is -0.202. The lowest BCUT2D eigenvalue weighted by molar-refractivity contribution is -0.151. The Bertz CT molecular complexity index is 1400. The van der Waals surface area contributed by atoms with E-state index in [9.17, 15) is 22.8 Å². The van der Waals surface area contributed by atoms with Crippen LogP contribution in [0.5, 0.6) is 17.2 Å². The van der Waals surface area contributed by atoms with Crippen molar-refractivity contribution in [1.29, 1.82) is 0 Å². The topological polar surface area (TPSA) is 132 Å². The predicted octanol–water partition coefficient (Wildman–Crippen LogP) is 1.41. The summed E-state index contributed by atoms with van der Waals surface area (Å²) in [6.07, 6.45) is -0.689. The summed E-state index contributed by atoms with van der Waals surface area (Å²) >= 11 is 0. The van der Waals surface area contributed by atoms with Gasteiger partial charge in [-0.1, -0.05) is 0 Å². The number of methoxy groups -OCH3 is 3. The Hall–Kier alpha value is -3.84. The van der Waals surface area contributed by atoms with Crippen molar-refractivity contribution < 1.29 is 41.7 Å². The monoisotopic (exact) mass is 559 g/mol. The van der Waals surface area contributed by atoms with Crippen LogP contribution in [0.4, 0.5) is 0 Å². The molecular weight excluding hydrogens is 530 g/mol. The van der Waals surface area contributed by atoms with Gasteiger partial charge < -0.3 is 23.8 Å². The largest absolute Gasteiger partial charge is 0.497 e. The Morgan fingerprint density at radius 2 is 1.62 bits per heavy atom. The van der Waals surface area contributed by atoms with Crippen molar-refractivity contribution in [3.05, 3.63) is 47.5 Å². The molecule has 3 aliphatic rings. The van der Waals surface area contributed by atoms with Crippen LogP contribution < -0.4 is 14.2 Å². The first kappa shape index (κ1) is 26.8. The highest BCUT2D eigenvalue weighted by molar-refractivity contribution is 7.89. The minimum Gasteiger partial charge on any atom is -0.497 e. The van der Waals surface area contributed by atoms with Crippen LogP contribution in [-0.4, -0.2) is 93.9 Å². The van der Waals surface area contributed by atoms with Gasteiger partial charge in [0.05, 0.1) is 26.2 Å². The van der Waals surface area contributed by atoms with E-state index >= 15 is 0 Å². The number of rotatable bonds is 7. The lowest BCUT2D eigenvalue weighted by Crippen LogP contribution is -2.55. The van der Waals surface area contributed by atoms with Gasteiger partial charge in [0, 0.05) is 38.2 Å². The molecule has 2 fully saturated rings. The van der Waals surface area contributed by atoms with Crippen LogP contribution in [-0.2, 0) is 24.3 Å². The lowest BCUT2D eigenvalue weighted by atomic mass is 10.0. The van der Waals surface area contributed by atoms with Crippen molar-refractivity contribution in [3.63, 3.8) is 0 Å². The predicted molar refractivity (Wildman–Crippen MR) is 136 cm³/mol. The zero-order chi connectivity index (χ0) is 27.9. The molecule has 2 aromatic rings. The molecular formula is C26H29N3O9S. The summed E-state index contributed by atoms with van der Waals surface area (Å²) in [7, 11) is 0.609. The standard InChI is InChI=1S/C26H29N3O9S/c1-35-16-4-6-17(7-5-16)39(33,34)28-14-12-27(13-15-28)24(31)19-9-11-21(30)29(19)25-18-8-10-20(36-2)23(37-3)22(18)26(32)38-25/h4-8,10,19,25H,9,11-15H2,1-3H3/t19-,25+/m0/s1. The number of hydrogen-bond acceptors (Lipinski definition) is 9. The second-order valence-corrected chi connectivity index (χ2v) is 11.2. The first-order valence-electron chi connectivity index (χ1n) is 12.4. The van der Waals surface area contributed by atoms with Gasteiger partial charge in [-0.25, -0.2) is 13.2 Å². The van der Waals surface area contributed by atoms with E-state index in [-0.39, 0.29) is 67.0 Å². The van der Waals surface area contributed by atoms with Crippen LogP contribution in [0, 0.1) is 0 Å². The zero-order valence-corrected chi connectivity index (χ0v) is 22.6. The minimum absolute atomic E-state index is 0.110. The fourth-order valence-corrected chi connectivity index (χ4v) is 6.71. The van der Waals surface area contributed by atoms with Crippen molar-refractivity contribution in [2.24, 2.45) is 0 Å². The van der Waals surface area contributed by atoms with Crippen molar-refractivity contribution >= 4 is 27.8 Å². The molecule has 12 nitrogen and oxygen atoms in total. The van der Waals surface area contributed by atoms with Crippen molar-refractivity contribution in [2.75, 3.05) is 47.5 Å². The van der Waals surface area contributed by atoms with Gasteiger partial charge in [0.1, 0.15) is 17.4 Å². The van der Waals surface area contributed by atoms with Crippen LogP contribution in [0.25, 0.3) is 0 Å². The van der Waals surface area contributed by atoms with Gasteiger partial charge in [0.2, 0.25) is 28.1 Å². The number of piperazine rings is 1. The smallest absolute Gasteiger partial charge is 0.344 e. The van der Waals surface area contributed by atoms with Crippen molar-refractivity contribution in [2.45, 2.75) is 30.0 Å². The number of sulfonamides is 1. The number of nitrogens with zero attached hydrogens (tertiary/aromatic N) is 3. The number of amides is 2. The normalized spacial score (nSPS) is 21.5. The van der Waals surface area contributed by atoms with Gasteiger partial charge in [0.15, 0.2) is 11.5 Å². The second kappa shape index (κ2) is 10.4. The van der Waals surface area contributed by atoms with Gasteiger partial charge in [0.25, 0.3) is 0 Å². The number of benzene rings is 2. The summed E-state index contributed by atoms with van der Waals surface area (Å²) in [5, 5.41) is 0. The maximum absolute atomic E-state index is 13.6. The van der Waals surface area contributed by atoms with Crippen LogP contribution >= 0.6 is 0 Å². The third kappa shape index (κ3) is 4.55.